The largest absolute Gasteiger partial charge is 0.237 e. The van der Waals surface area contributed by atoms with Gasteiger partial charge in [0.15, 0.2) is 0 Å². The van der Waals surface area contributed by atoms with Crippen LogP contribution in [0.15, 0.2) is 24.4 Å². The molecule has 2 aromatic rings. The first kappa shape index (κ1) is 10.4. The van der Waals surface area contributed by atoms with E-state index in [9.17, 15) is 0 Å². The first-order valence-corrected chi connectivity index (χ1v) is 5.15. The Labute approximate surface area is 94.9 Å². The van der Waals surface area contributed by atoms with Crippen LogP contribution in [0.3, 0.4) is 0 Å². The molecule has 0 N–H and O–H groups in total. The molecule has 0 aliphatic heterocycles. The van der Waals surface area contributed by atoms with Crippen molar-refractivity contribution in [2.24, 2.45) is 0 Å². The number of rotatable bonds is 1. The third-order valence-electron chi connectivity index (χ3n) is 2.58. The van der Waals surface area contributed by atoms with Crippen molar-refractivity contribution in [1.82, 2.24) is 9.78 Å². The third-order valence-corrected chi connectivity index (χ3v) is 2.58. The van der Waals surface area contributed by atoms with E-state index in [0.717, 1.165) is 11.4 Å². The maximum Gasteiger partial charge on any atom is 0.103 e. The molecular weight excluding hydrogens is 198 g/mol. The lowest BCUT2D eigenvalue weighted by Crippen LogP contribution is -2.00. The van der Waals surface area contributed by atoms with Crippen LogP contribution < -0.4 is 0 Å². The van der Waals surface area contributed by atoms with Crippen LogP contribution in [0.2, 0.25) is 0 Å². The Hall–Kier alpha value is -2.08. The highest BCUT2D eigenvalue weighted by molar-refractivity contribution is 5.42. The summed E-state index contributed by atoms with van der Waals surface area (Å²) in [6.07, 6.45) is 1.60. The summed E-state index contributed by atoms with van der Waals surface area (Å²) < 4.78 is 1.80. The molecule has 0 atom stereocenters. The monoisotopic (exact) mass is 211 g/mol. The quantitative estimate of drug-likeness (QED) is 0.727. The standard InChI is InChI=1S/C13H13N3/c1-9-4-10(2)6-13(5-9)16-11(3)12(7-14)8-15-16/h4-6,8H,1-3H3. The summed E-state index contributed by atoms with van der Waals surface area (Å²) in [5.74, 6) is 0. The zero-order valence-electron chi connectivity index (χ0n) is 9.65. The van der Waals surface area contributed by atoms with E-state index in [1.54, 1.807) is 10.9 Å². The van der Waals surface area contributed by atoms with Crippen molar-refractivity contribution >= 4 is 0 Å². The van der Waals surface area contributed by atoms with E-state index < -0.39 is 0 Å². The fraction of sp³-hybridized carbons (Fsp3) is 0.231. The molecule has 0 unspecified atom stereocenters. The SMILES string of the molecule is Cc1cc(C)cc(-n2ncc(C#N)c2C)c1. The van der Waals surface area contributed by atoms with E-state index in [1.807, 2.05) is 6.92 Å². The molecule has 0 amide bonds. The van der Waals surface area contributed by atoms with Gasteiger partial charge in [-0.25, -0.2) is 4.68 Å². The van der Waals surface area contributed by atoms with Gasteiger partial charge >= 0.3 is 0 Å². The molecule has 0 saturated heterocycles. The summed E-state index contributed by atoms with van der Waals surface area (Å²) in [6.45, 7) is 6.02. The molecule has 0 bridgehead atoms. The highest BCUT2D eigenvalue weighted by Crippen LogP contribution is 2.16. The molecule has 80 valence electrons. The molecule has 0 saturated carbocycles. The van der Waals surface area contributed by atoms with E-state index in [4.69, 9.17) is 5.26 Å². The van der Waals surface area contributed by atoms with Crippen molar-refractivity contribution in [3.8, 4) is 11.8 Å². The minimum Gasteiger partial charge on any atom is -0.237 e. The second-order valence-corrected chi connectivity index (χ2v) is 4.01. The molecule has 1 aromatic carbocycles. The zero-order chi connectivity index (χ0) is 11.7. The van der Waals surface area contributed by atoms with Crippen LogP contribution in [0.5, 0.6) is 0 Å². The van der Waals surface area contributed by atoms with Gasteiger partial charge in [0.05, 0.1) is 23.1 Å². The molecular formula is C13H13N3. The van der Waals surface area contributed by atoms with Crippen molar-refractivity contribution < 1.29 is 0 Å². The molecule has 3 heteroatoms. The average molecular weight is 211 g/mol. The molecule has 1 heterocycles. The molecule has 0 aliphatic rings. The number of benzene rings is 1. The van der Waals surface area contributed by atoms with Crippen LogP contribution in [0.1, 0.15) is 22.4 Å². The van der Waals surface area contributed by atoms with Crippen LogP contribution >= 0.6 is 0 Å². The summed E-state index contributed by atoms with van der Waals surface area (Å²) in [7, 11) is 0. The summed E-state index contributed by atoms with van der Waals surface area (Å²) in [5, 5.41) is 13.1. The van der Waals surface area contributed by atoms with Crippen molar-refractivity contribution in [2.45, 2.75) is 20.8 Å². The number of hydrogen-bond acceptors (Lipinski definition) is 2. The van der Waals surface area contributed by atoms with Crippen molar-refractivity contribution in [3.05, 3.63) is 46.8 Å². The van der Waals surface area contributed by atoms with Gasteiger partial charge in [0, 0.05) is 0 Å². The zero-order valence-corrected chi connectivity index (χ0v) is 9.65. The van der Waals surface area contributed by atoms with Gasteiger partial charge in [0.1, 0.15) is 6.07 Å². The summed E-state index contributed by atoms with van der Waals surface area (Å²) in [5.41, 5.74) is 4.91. The Bertz CT molecular complexity index is 553. The van der Waals surface area contributed by atoms with E-state index >= 15 is 0 Å². The molecule has 0 fully saturated rings. The van der Waals surface area contributed by atoms with Crippen molar-refractivity contribution in [2.75, 3.05) is 0 Å². The van der Waals surface area contributed by atoms with Gasteiger partial charge in [-0.3, -0.25) is 0 Å². The highest BCUT2D eigenvalue weighted by Gasteiger charge is 2.07. The topological polar surface area (TPSA) is 41.6 Å². The van der Waals surface area contributed by atoms with Crippen LogP contribution in [0, 0.1) is 32.1 Å². The molecule has 0 radical (unpaired) electrons. The molecule has 3 nitrogen and oxygen atoms in total. The first-order valence-electron chi connectivity index (χ1n) is 5.15. The Balaban J connectivity index is 2.59. The number of nitriles is 1. The van der Waals surface area contributed by atoms with E-state index in [0.29, 0.717) is 5.56 Å². The van der Waals surface area contributed by atoms with Gasteiger partial charge < -0.3 is 0 Å². The van der Waals surface area contributed by atoms with Crippen molar-refractivity contribution in [3.63, 3.8) is 0 Å². The second-order valence-electron chi connectivity index (χ2n) is 4.01. The lowest BCUT2D eigenvalue weighted by atomic mass is 10.1. The maximum atomic E-state index is 8.88. The predicted octanol–water partition coefficient (Wildman–Crippen LogP) is 2.67. The van der Waals surface area contributed by atoms with E-state index in [1.165, 1.54) is 11.1 Å². The number of hydrogen-bond donors (Lipinski definition) is 0. The number of nitrogens with zero attached hydrogens (tertiary/aromatic N) is 3. The Kier molecular flexibility index (Phi) is 2.49. The lowest BCUT2D eigenvalue weighted by molar-refractivity contribution is 0.844. The van der Waals surface area contributed by atoms with Gasteiger partial charge in [-0.2, -0.15) is 10.4 Å². The van der Waals surface area contributed by atoms with Crippen molar-refractivity contribution in [1.29, 1.82) is 5.26 Å². The smallest absolute Gasteiger partial charge is 0.103 e. The minimum atomic E-state index is 0.624. The summed E-state index contributed by atoms with van der Waals surface area (Å²) >= 11 is 0. The lowest BCUT2D eigenvalue weighted by Gasteiger charge is -2.07. The molecule has 16 heavy (non-hydrogen) atoms. The molecule has 1 aromatic heterocycles. The van der Waals surface area contributed by atoms with E-state index in [2.05, 4.69) is 43.2 Å². The Morgan fingerprint density at radius 1 is 1.12 bits per heavy atom. The second kappa shape index (κ2) is 3.82. The van der Waals surface area contributed by atoms with Crippen LogP contribution in [-0.2, 0) is 0 Å². The summed E-state index contributed by atoms with van der Waals surface area (Å²) in [4.78, 5) is 0. The number of aromatic nitrogens is 2. The Morgan fingerprint density at radius 2 is 1.75 bits per heavy atom. The van der Waals surface area contributed by atoms with Gasteiger partial charge in [-0.05, 0) is 44.0 Å². The fourth-order valence-electron chi connectivity index (χ4n) is 1.85. The van der Waals surface area contributed by atoms with Gasteiger partial charge in [-0.1, -0.05) is 6.07 Å². The number of aryl methyl sites for hydroxylation is 2. The van der Waals surface area contributed by atoms with Gasteiger partial charge in [0.2, 0.25) is 0 Å². The maximum absolute atomic E-state index is 8.88. The average Bonchev–Trinajstić information content (AvgIpc) is 2.58. The third kappa shape index (κ3) is 1.70. The minimum absolute atomic E-state index is 0.624. The predicted molar refractivity (Wildman–Crippen MR) is 62.5 cm³/mol. The molecule has 0 spiro atoms. The van der Waals surface area contributed by atoms with Crippen LogP contribution in [0.4, 0.5) is 0 Å². The summed E-state index contributed by atoms with van der Waals surface area (Å²) in [6, 6.07) is 8.38. The first-order chi connectivity index (χ1) is 7.61. The highest BCUT2D eigenvalue weighted by atomic mass is 15.3. The van der Waals surface area contributed by atoms with Gasteiger partial charge in [-0.15, -0.1) is 0 Å². The normalized spacial score (nSPS) is 10.1. The molecule has 0 aliphatic carbocycles. The molecule has 2 rings (SSSR count). The van der Waals surface area contributed by atoms with Crippen LogP contribution in [0.25, 0.3) is 5.69 Å². The van der Waals surface area contributed by atoms with E-state index in [-0.39, 0.29) is 0 Å². The van der Waals surface area contributed by atoms with Gasteiger partial charge in [0.25, 0.3) is 0 Å². The van der Waals surface area contributed by atoms with Crippen LogP contribution in [-0.4, -0.2) is 9.78 Å². The Morgan fingerprint density at radius 3 is 2.25 bits per heavy atom. The fourth-order valence-corrected chi connectivity index (χ4v) is 1.85.